The molecule has 0 atom stereocenters. The van der Waals surface area contributed by atoms with Crippen molar-refractivity contribution in [3.05, 3.63) is 35.4 Å². The minimum absolute atomic E-state index is 0.0343. The predicted molar refractivity (Wildman–Crippen MR) is 97.1 cm³/mol. The lowest BCUT2D eigenvalue weighted by molar-refractivity contribution is -0.120. The summed E-state index contributed by atoms with van der Waals surface area (Å²) in [5.74, 6) is 0.284. The first-order valence-electron chi connectivity index (χ1n) is 9.02. The molecule has 1 aromatic rings. The van der Waals surface area contributed by atoms with Crippen LogP contribution in [0.3, 0.4) is 0 Å². The SMILES string of the molecule is CC(C)(C)c1ccc(C(=O)NCC(=O)NCC2CCCCC2)cc1. The molecule has 1 aromatic carbocycles. The summed E-state index contributed by atoms with van der Waals surface area (Å²) in [4.78, 5) is 24.0. The van der Waals surface area contributed by atoms with E-state index in [1.807, 2.05) is 24.3 Å². The lowest BCUT2D eigenvalue weighted by atomic mass is 9.87. The molecule has 0 radical (unpaired) electrons. The summed E-state index contributed by atoms with van der Waals surface area (Å²) >= 11 is 0. The van der Waals surface area contributed by atoms with Crippen molar-refractivity contribution in [3.63, 3.8) is 0 Å². The van der Waals surface area contributed by atoms with Crippen LogP contribution in [0.2, 0.25) is 0 Å². The van der Waals surface area contributed by atoms with Gasteiger partial charge in [-0.15, -0.1) is 0 Å². The second-order valence-corrected chi connectivity index (χ2v) is 7.82. The fourth-order valence-electron chi connectivity index (χ4n) is 3.10. The van der Waals surface area contributed by atoms with E-state index in [1.54, 1.807) is 0 Å². The van der Waals surface area contributed by atoms with Crippen molar-refractivity contribution < 1.29 is 9.59 Å². The summed E-state index contributed by atoms with van der Waals surface area (Å²) in [5, 5.41) is 5.63. The fourth-order valence-corrected chi connectivity index (χ4v) is 3.10. The Balaban J connectivity index is 1.74. The molecular weight excluding hydrogens is 300 g/mol. The van der Waals surface area contributed by atoms with Crippen molar-refractivity contribution >= 4 is 11.8 Å². The van der Waals surface area contributed by atoms with Gasteiger partial charge in [-0.1, -0.05) is 52.2 Å². The molecule has 0 heterocycles. The van der Waals surface area contributed by atoms with Crippen LogP contribution in [0, 0.1) is 5.92 Å². The molecule has 4 nitrogen and oxygen atoms in total. The van der Waals surface area contributed by atoms with Crippen LogP contribution in [-0.2, 0) is 10.2 Å². The van der Waals surface area contributed by atoms with Crippen molar-refractivity contribution in [2.45, 2.75) is 58.3 Å². The molecule has 1 saturated carbocycles. The van der Waals surface area contributed by atoms with Gasteiger partial charge in [-0.05, 0) is 41.9 Å². The van der Waals surface area contributed by atoms with Crippen molar-refractivity contribution in [2.24, 2.45) is 5.92 Å². The van der Waals surface area contributed by atoms with E-state index in [4.69, 9.17) is 0 Å². The molecule has 0 unspecified atom stereocenters. The average molecular weight is 330 g/mol. The summed E-state index contributed by atoms with van der Waals surface area (Å²) in [7, 11) is 0. The lowest BCUT2D eigenvalue weighted by Crippen LogP contribution is -2.39. The maximum Gasteiger partial charge on any atom is 0.251 e. The fraction of sp³-hybridized carbons (Fsp3) is 0.600. The maximum absolute atomic E-state index is 12.1. The van der Waals surface area contributed by atoms with E-state index in [2.05, 4.69) is 31.4 Å². The third-order valence-corrected chi connectivity index (χ3v) is 4.74. The Bertz CT molecular complexity index is 552. The van der Waals surface area contributed by atoms with Gasteiger partial charge in [-0.2, -0.15) is 0 Å². The van der Waals surface area contributed by atoms with Gasteiger partial charge >= 0.3 is 0 Å². The Morgan fingerprint density at radius 2 is 1.62 bits per heavy atom. The molecule has 2 amide bonds. The van der Waals surface area contributed by atoms with Crippen molar-refractivity contribution in [2.75, 3.05) is 13.1 Å². The van der Waals surface area contributed by atoms with E-state index in [1.165, 1.54) is 37.7 Å². The molecule has 1 aliphatic rings. The summed E-state index contributed by atoms with van der Waals surface area (Å²) in [6, 6.07) is 7.57. The molecule has 132 valence electrons. The Morgan fingerprint density at radius 3 is 2.21 bits per heavy atom. The first kappa shape index (κ1) is 18.5. The van der Waals surface area contributed by atoms with Gasteiger partial charge in [0, 0.05) is 12.1 Å². The quantitative estimate of drug-likeness (QED) is 0.869. The van der Waals surface area contributed by atoms with E-state index >= 15 is 0 Å². The van der Waals surface area contributed by atoms with Gasteiger partial charge in [0.25, 0.3) is 5.91 Å². The third kappa shape index (κ3) is 5.66. The standard InChI is InChI=1S/C20H30N2O2/c1-20(2,3)17-11-9-16(10-12-17)19(24)22-14-18(23)21-13-15-7-5-4-6-8-15/h9-12,15H,4-8,13-14H2,1-3H3,(H,21,23)(H,22,24). The molecule has 0 spiro atoms. The van der Waals surface area contributed by atoms with Gasteiger partial charge in [0.05, 0.1) is 6.54 Å². The zero-order valence-corrected chi connectivity index (χ0v) is 15.2. The second-order valence-electron chi connectivity index (χ2n) is 7.82. The smallest absolute Gasteiger partial charge is 0.251 e. The van der Waals surface area contributed by atoms with Crippen LogP contribution >= 0.6 is 0 Å². The zero-order valence-electron chi connectivity index (χ0n) is 15.2. The first-order valence-corrected chi connectivity index (χ1v) is 9.02. The van der Waals surface area contributed by atoms with E-state index in [0.29, 0.717) is 11.5 Å². The lowest BCUT2D eigenvalue weighted by Gasteiger charge is -2.21. The molecule has 0 saturated heterocycles. The molecule has 0 aliphatic heterocycles. The minimum Gasteiger partial charge on any atom is -0.354 e. The van der Waals surface area contributed by atoms with Crippen molar-refractivity contribution in [1.29, 1.82) is 0 Å². The molecule has 1 aliphatic carbocycles. The zero-order chi connectivity index (χ0) is 17.6. The summed E-state index contributed by atoms with van der Waals surface area (Å²) in [6.45, 7) is 7.18. The van der Waals surface area contributed by atoms with E-state index < -0.39 is 0 Å². The molecular formula is C20H30N2O2. The van der Waals surface area contributed by atoms with E-state index in [9.17, 15) is 9.59 Å². The van der Waals surface area contributed by atoms with Gasteiger partial charge in [0.1, 0.15) is 0 Å². The van der Waals surface area contributed by atoms with Crippen LogP contribution in [0.1, 0.15) is 68.8 Å². The molecule has 2 rings (SSSR count). The van der Waals surface area contributed by atoms with E-state index in [-0.39, 0.29) is 23.8 Å². The Labute approximate surface area is 145 Å². The highest BCUT2D eigenvalue weighted by Gasteiger charge is 2.16. The molecule has 24 heavy (non-hydrogen) atoms. The molecule has 4 heteroatoms. The van der Waals surface area contributed by atoms with Crippen LogP contribution in [0.5, 0.6) is 0 Å². The summed E-state index contributed by atoms with van der Waals surface area (Å²) < 4.78 is 0. The Morgan fingerprint density at radius 1 is 1.00 bits per heavy atom. The minimum atomic E-state index is -0.205. The van der Waals surface area contributed by atoms with Gasteiger partial charge in [-0.25, -0.2) is 0 Å². The highest BCUT2D eigenvalue weighted by atomic mass is 16.2. The summed E-state index contributed by atoms with van der Waals surface area (Å²) in [5.41, 5.74) is 1.83. The number of rotatable bonds is 5. The van der Waals surface area contributed by atoms with Crippen LogP contribution < -0.4 is 10.6 Å². The number of benzene rings is 1. The van der Waals surface area contributed by atoms with Crippen LogP contribution in [0.25, 0.3) is 0 Å². The monoisotopic (exact) mass is 330 g/mol. The van der Waals surface area contributed by atoms with Gasteiger partial charge in [0.15, 0.2) is 0 Å². The normalized spacial score (nSPS) is 15.8. The van der Waals surface area contributed by atoms with Gasteiger partial charge in [0.2, 0.25) is 5.91 Å². The third-order valence-electron chi connectivity index (χ3n) is 4.74. The van der Waals surface area contributed by atoms with Gasteiger partial charge < -0.3 is 10.6 Å². The van der Waals surface area contributed by atoms with Crippen molar-refractivity contribution in [1.82, 2.24) is 10.6 Å². The van der Waals surface area contributed by atoms with Crippen LogP contribution in [-0.4, -0.2) is 24.9 Å². The number of amides is 2. The van der Waals surface area contributed by atoms with Crippen molar-refractivity contribution in [3.8, 4) is 0 Å². The second kappa shape index (κ2) is 8.32. The maximum atomic E-state index is 12.1. The van der Waals surface area contributed by atoms with E-state index in [0.717, 1.165) is 6.54 Å². The number of nitrogens with one attached hydrogen (secondary N) is 2. The number of carbonyl (C=O) groups is 2. The first-order chi connectivity index (χ1) is 11.4. The Kier molecular flexibility index (Phi) is 6.41. The van der Waals surface area contributed by atoms with Crippen LogP contribution in [0.4, 0.5) is 0 Å². The van der Waals surface area contributed by atoms with Gasteiger partial charge in [-0.3, -0.25) is 9.59 Å². The summed E-state index contributed by atoms with van der Waals surface area (Å²) in [6.07, 6.45) is 6.25. The molecule has 1 fully saturated rings. The highest BCUT2D eigenvalue weighted by molar-refractivity contribution is 5.96. The number of carbonyl (C=O) groups excluding carboxylic acids is 2. The molecule has 2 N–H and O–H groups in total. The van der Waals surface area contributed by atoms with Crippen LogP contribution in [0.15, 0.2) is 24.3 Å². The predicted octanol–water partition coefficient (Wildman–Crippen LogP) is 3.41. The topological polar surface area (TPSA) is 58.2 Å². The average Bonchev–Trinajstić information content (AvgIpc) is 2.58. The Hall–Kier alpha value is -1.84. The largest absolute Gasteiger partial charge is 0.354 e. The highest BCUT2D eigenvalue weighted by Crippen LogP contribution is 2.23. The molecule has 0 aromatic heterocycles. The number of hydrogen-bond acceptors (Lipinski definition) is 2. The number of hydrogen-bond donors (Lipinski definition) is 2. The molecule has 0 bridgehead atoms.